The van der Waals surface area contributed by atoms with Crippen molar-refractivity contribution in [1.82, 2.24) is 14.8 Å². The van der Waals surface area contributed by atoms with Crippen LogP contribution in [-0.2, 0) is 29.8 Å². The maximum atomic E-state index is 13.2. The van der Waals surface area contributed by atoms with Crippen molar-refractivity contribution in [3.63, 3.8) is 0 Å². The predicted molar refractivity (Wildman–Crippen MR) is 121 cm³/mol. The van der Waals surface area contributed by atoms with Crippen molar-refractivity contribution < 1.29 is 9.53 Å². The highest BCUT2D eigenvalue weighted by molar-refractivity contribution is 5.91. The van der Waals surface area contributed by atoms with Gasteiger partial charge in [-0.15, -0.1) is 0 Å². The Morgan fingerprint density at radius 1 is 1.06 bits per heavy atom. The summed E-state index contributed by atoms with van der Waals surface area (Å²) in [5, 5.41) is 3.30. The van der Waals surface area contributed by atoms with E-state index >= 15 is 0 Å². The Labute approximate surface area is 183 Å². The van der Waals surface area contributed by atoms with E-state index in [0.717, 1.165) is 43.8 Å². The summed E-state index contributed by atoms with van der Waals surface area (Å²) in [4.78, 5) is 15.7. The van der Waals surface area contributed by atoms with Gasteiger partial charge < -0.3 is 14.6 Å². The van der Waals surface area contributed by atoms with E-state index in [2.05, 4.69) is 63.4 Å². The number of nitrogens with one attached hydrogen (secondary N) is 1. The first-order valence-corrected chi connectivity index (χ1v) is 11.0. The van der Waals surface area contributed by atoms with Crippen LogP contribution >= 0.6 is 0 Å². The van der Waals surface area contributed by atoms with Crippen LogP contribution in [0, 0.1) is 0 Å². The third-order valence-electron chi connectivity index (χ3n) is 6.77. The normalized spacial score (nSPS) is 19.5. The minimum atomic E-state index is -0.371. The zero-order chi connectivity index (χ0) is 21.3. The van der Waals surface area contributed by atoms with E-state index in [9.17, 15) is 4.79 Å². The number of rotatable bonds is 7. The lowest BCUT2D eigenvalue weighted by Gasteiger charge is -2.37. The molecule has 3 aromatic rings. The number of nitrogens with zero attached hydrogens (tertiary/aromatic N) is 2. The summed E-state index contributed by atoms with van der Waals surface area (Å²) >= 11 is 0. The molecule has 31 heavy (non-hydrogen) atoms. The third kappa shape index (κ3) is 3.98. The largest absolute Gasteiger partial charge is 0.497 e. The fraction of sp³-hybridized carbons (Fsp3) is 0.346. The second-order valence-corrected chi connectivity index (χ2v) is 8.72. The number of hydrogen-bond acceptors (Lipinski definition) is 3. The lowest BCUT2D eigenvalue weighted by Crippen LogP contribution is -2.50. The molecule has 1 saturated carbocycles. The summed E-state index contributed by atoms with van der Waals surface area (Å²) in [6.45, 7) is 3.33. The first-order chi connectivity index (χ1) is 15.2. The van der Waals surface area contributed by atoms with Crippen molar-refractivity contribution in [2.45, 2.75) is 43.9 Å². The molecule has 2 aromatic carbocycles. The van der Waals surface area contributed by atoms with Gasteiger partial charge in [-0.1, -0.05) is 42.5 Å². The van der Waals surface area contributed by atoms with Gasteiger partial charge in [0.05, 0.1) is 12.5 Å². The highest BCUT2D eigenvalue weighted by Gasteiger charge is 2.51. The number of hydrogen-bond donors (Lipinski definition) is 1. The number of benzene rings is 2. The number of methoxy groups -OCH3 is 1. The topological polar surface area (TPSA) is 46.5 Å². The van der Waals surface area contributed by atoms with Gasteiger partial charge >= 0.3 is 0 Å². The van der Waals surface area contributed by atoms with Crippen molar-refractivity contribution in [3.8, 4) is 5.75 Å². The SMILES string of the molecule is COc1ccc(C2(C(=O)NCC3Cn4cccc4CN3Cc3ccccc3)CC2)cc1. The number of aromatic nitrogens is 1. The quantitative estimate of drug-likeness (QED) is 0.640. The Hall–Kier alpha value is -3.05. The van der Waals surface area contributed by atoms with Crippen LogP contribution in [-0.4, -0.2) is 35.1 Å². The van der Waals surface area contributed by atoms with Crippen LogP contribution in [0.25, 0.3) is 0 Å². The van der Waals surface area contributed by atoms with Crippen molar-refractivity contribution in [2.24, 2.45) is 0 Å². The van der Waals surface area contributed by atoms with Gasteiger partial charge in [-0.25, -0.2) is 0 Å². The zero-order valence-corrected chi connectivity index (χ0v) is 18.0. The lowest BCUT2D eigenvalue weighted by atomic mass is 9.94. The Morgan fingerprint density at radius 3 is 2.55 bits per heavy atom. The summed E-state index contributed by atoms with van der Waals surface area (Å²) in [5.41, 5.74) is 3.35. The molecule has 1 fully saturated rings. The first kappa shape index (κ1) is 19.9. The molecule has 0 bridgehead atoms. The molecular formula is C26H29N3O2. The fourth-order valence-electron chi connectivity index (χ4n) is 4.71. The van der Waals surface area contributed by atoms with E-state index < -0.39 is 0 Å². The van der Waals surface area contributed by atoms with Crippen LogP contribution in [0.15, 0.2) is 72.9 Å². The van der Waals surface area contributed by atoms with Crippen LogP contribution < -0.4 is 10.1 Å². The molecule has 1 aliphatic carbocycles. The van der Waals surface area contributed by atoms with E-state index in [1.54, 1.807) is 7.11 Å². The minimum absolute atomic E-state index is 0.149. The molecular weight excluding hydrogens is 386 g/mol. The molecule has 160 valence electrons. The number of carbonyl (C=O) groups is 1. The van der Waals surface area contributed by atoms with Crippen LogP contribution in [0.5, 0.6) is 5.75 Å². The highest BCUT2D eigenvalue weighted by Crippen LogP contribution is 2.48. The molecule has 2 heterocycles. The molecule has 0 spiro atoms. The van der Waals surface area contributed by atoms with Crippen molar-refractivity contribution >= 4 is 5.91 Å². The summed E-state index contributed by atoms with van der Waals surface area (Å²) < 4.78 is 7.58. The van der Waals surface area contributed by atoms with Gasteiger partial charge in [-0.05, 0) is 48.2 Å². The Kier molecular flexibility index (Phi) is 5.28. The molecule has 2 aliphatic rings. The summed E-state index contributed by atoms with van der Waals surface area (Å²) in [7, 11) is 1.66. The Morgan fingerprint density at radius 2 is 1.84 bits per heavy atom. The fourth-order valence-corrected chi connectivity index (χ4v) is 4.71. The summed E-state index contributed by atoms with van der Waals surface area (Å²) in [5.74, 6) is 0.969. The van der Waals surface area contributed by atoms with E-state index in [0.29, 0.717) is 6.54 Å². The predicted octanol–water partition coefficient (Wildman–Crippen LogP) is 3.73. The number of ether oxygens (including phenoxy) is 1. The molecule has 1 atom stereocenters. The van der Waals surface area contributed by atoms with Gasteiger partial charge in [0.25, 0.3) is 0 Å². The van der Waals surface area contributed by atoms with Crippen LogP contribution in [0.4, 0.5) is 0 Å². The van der Waals surface area contributed by atoms with Gasteiger partial charge in [-0.2, -0.15) is 0 Å². The minimum Gasteiger partial charge on any atom is -0.497 e. The molecule has 5 rings (SSSR count). The molecule has 1 N–H and O–H groups in total. The molecule has 0 radical (unpaired) electrons. The average molecular weight is 416 g/mol. The van der Waals surface area contributed by atoms with E-state index in [1.807, 2.05) is 24.3 Å². The maximum absolute atomic E-state index is 13.2. The standard InChI is InChI=1S/C26H29N3O2/c1-31-24-11-9-21(10-12-24)26(13-14-26)25(30)27-16-23-19-28-15-5-8-22(28)18-29(23)17-20-6-3-2-4-7-20/h2-12,15,23H,13-14,16-19H2,1H3,(H,27,30). The first-order valence-electron chi connectivity index (χ1n) is 11.0. The zero-order valence-electron chi connectivity index (χ0n) is 18.0. The van der Waals surface area contributed by atoms with Gasteiger partial charge in [0.2, 0.25) is 5.91 Å². The van der Waals surface area contributed by atoms with Crippen molar-refractivity contribution in [1.29, 1.82) is 0 Å². The van der Waals surface area contributed by atoms with E-state index in [-0.39, 0.29) is 17.4 Å². The molecule has 1 aliphatic heterocycles. The van der Waals surface area contributed by atoms with Crippen molar-refractivity contribution in [2.75, 3.05) is 13.7 Å². The molecule has 5 heteroatoms. The van der Waals surface area contributed by atoms with Gasteiger partial charge in [-0.3, -0.25) is 9.69 Å². The maximum Gasteiger partial charge on any atom is 0.230 e. The Bertz CT molecular complexity index is 1040. The third-order valence-corrected chi connectivity index (χ3v) is 6.77. The molecule has 1 amide bonds. The molecule has 1 unspecified atom stereocenters. The second-order valence-electron chi connectivity index (χ2n) is 8.72. The lowest BCUT2D eigenvalue weighted by molar-refractivity contribution is -0.123. The highest BCUT2D eigenvalue weighted by atomic mass is 16.5. The van der Waals surface area contributed by atoms with Gasteiger partial charge in [0.1, 0.15) is 5.75 Å². The number of fused-ring (bicyclic) bond motifs is 1. The second kappa shape index (κ2) is 8.23. The number of amides is 1. The summed E-state index contributed by atoms with van der Waals surface area (Å²) in [6, 6.07) is 23.1. The van der Waals surface area contributed by atoms with Crippen LogP contribution in [0.2, 0.25) is 0 Å². The van der Waals surface area contributed by atoms with Crippen LogP contribution in [0.1, 0.15) is 29.7 Å². The number of carbonyl (C=O) groups excluding carboxylic acids is 1. The monoisotopic (exact) mass is 415 g/mol. The van der Waals surface area contributed by atoms with Gasteiger partial charge in [0.15, 0.2) is 0 Å². The Balaban J connectivity index is 1.28. The average Bonchev–Trinajstić information content (AvgIpc) is 3.50. The molecule has 0 saturated heterocycles. The molecule has 1 aromatic heterocycles. The van der Waals surface area contributed by atoms with Crippen molar-refractivity contribution in [3.05, 3.63) is 89.7 Å². The van der Waals surface area contributed by atoms with Crippen LogP contribution in [0.3, 0.4) is 0 Å². The van der Waals surface area contributed by atoms with E-state index in [1.165, 1.54) is 11.3 Å². The van der Waals surface area contributed by atoms with Gasteiger partial charge in [0, 0.05) is 44.1 Å². The molecule has 5 nitrogen and oxygen atoms in total. The van der Waals surface area contributed by atoms with E-state index in [4.69, 9.17) is 4.74 Å². The summed E-state index contributed by atoms with van der Waals surface area (Å²) in [6.07, 6.45) is 3.96. The smallest absolute Gasteiger partial charge is 0.230 e.